The lowest BCUT2D eigenvalue weighted by Gasteiger charge is -2.46. The predicted octanol–water partition coefficient (Wildman–Crippen LogP) is 14.4. The van der Waals surface area contributed by atoms with Gasteiger partial charge in [0.1, 0.15) is 0 Å². The highest BCUT2D eigenvalue weighted by atomic mass is 32.1. The molecular formula is C57H63BN2S. The molecule has 0 spiro atoms. The first kappa shape index (κ1) is 38.4. The Morgan fingerprint density at radius 3 is 1.79 bits per heavy atom. The summed E-state index contributed by atoms with van der Waals surface area (Å²) in [6, 6.07) is 41.5. The number of hydrogen-bond acceptors (Lipinski definition) is 3. The van der Waals surface area contributed by atoms with Crippen LogP contribution < -0.4 is 25.5 Å². The van der Waals surface area contributed by atoms with Crippen LogP contribution in [0.3, 0.4) is 0 Å². The van der Waals surface area contributed by atoms with Gasteiger partial charge in [-0.05, 0) is 178 Å². The van der Waals surface area contributed by atoms with Crippen molar-refractivity contribution in [3.8, 4) is 0 Å². The van der Waals surface area contributed by atoms with Gasteiger partial charge in [0.25, 0.3) is 6.71 Å². The van der Waals surface area contributed by atoms with Gasteiger partial charge in [0.2, 0.25) is 0 Å². The minimum Gasteiger partial charge on any atom is -0.311 e. The predicted molar refractivity (Wildman–Crippen MR) is 263 cm³/mol. The van der Waals surface area contributed by atoms with E-state index < -0.39 is 0 Å². The van der Waals surface area contributed by atoms with Crippen LogP contribution in [-0.2, 0) is 5.41 Å². The molecule has 4 saturated carbocycles. The fourth-order valence-corrected chi connectivity index (χ4v) is 16.8. The second kappa shape index (κ2) is 12.5. The highest BCUT2D eigenvalue weighted by Crippen LogP contribution is 2.71. The lowest BCUT2D eigenvalue weighted by atomic mass is 9.36. The molecule has 1 aromatic heterocycles. The van der Waals surface area contributed by atoms with Crippen LogP contribution in [0.5, 0.6) is 0 Å². The zero-order valence-corrected chi connectivity index (χ0v) is 39.1. The third-order valence-corrected chi connectivity index (χ3v) is 19.3. The van der Waals surface area contributed by atoms with Gasteiger partial charge in [0, 0.05) is 43.3 Å². The molecule has 12 rings (SSSR count). The number of nitrogens with zero attached hydrogens (tertiary/aromatic N) is 2. The third-order valence-electron chi connectivity index (χ3n) is 18.1. The molecule has 61 heavy (non-hydrogen) atoms. The Morgan fingerprint density at radius 2 is 1.18 bits per heavy atom. The van der Waals surface area contributed by atoms with Crippen molar-refractivity contribution in [2.24, 2.45) is 33.5 Å². The summed E-state index contributed by atoms with van der Waals surface area (Å²) >= 11 is 2.02. The van der Waals surface area contributed by atoms with Crippen molar-refractivity contribution in [3.05, 3.63) is 125 Å². The van der Waals surface area contributed by atoms with Crippen LogP contribution in [0.2, 0.25) is 0 Å². The maximum atomic E-state index is 2.72. The van der Waals surface area contributed by atoms with E-state index in [0.717, 1.165) is 11.8 Å². The summed E-state index contributed by atoms with van der Waals surface area (Å²) in [5, 5.41) is 1.35. The SMILES string of the molecule is Cc1cc2c3c(c1)N(c1ccc(C(C)(C)C)cc1)c1c(sc4ccccc14)B3c1cc(C3C4(C)CCC(C4)C3(C)C)ccc1N2c1ccc(C2C3(C)CCC(C3)C2(C)C)cc1. The fraction of sp³-hybridized carbons (Fsp3) is 0.439. The Hall–Kier alpha value is -4.28. The zero-order chi connectivity index (χ0) is 42.2. The Balaban J connectivity index is 1.10. The maximum absolute atomic E-state index is 2.72. The number of rotatable bonds is 4. The average molecular weight is 819 g/mol. The maximum Gasteiger partial charge on any atom is 0.264 e. The molecular weight excluding hydrogens is 756 g/mol. The van der Waals surface area contributed by atoms with Gasteiger partial charge in [-0.15, -0.1) is 11.3 Å². The minimum atomic E-state index is 0.0843. The Morgan fingerprint density at radius 1 is 0.623 bits per heavy atom. The van der Waals surface area contributed by atoms with Gasteiger partial charge in [0.15, 0.2) is 0 Å². The van der Waals surface area contributed by atoms with Crippen molar-refractivity contribution < 1.29 is 0 Å². The van der Waals surface area contributed by atoms with Crippen LogP contribution in [0.4, 0.5) is 34.1 Å². The molecule has 0 amide bonds. The minimum absolute atomic E-state index is 0.0843. The normalized spacial score (nSPS) is 28.7. The molecule has 0 N–H and O–H groups in total. The van der Waals surface area contributed by atoms with Crippen LogP contribution in [-0.4, -0.2) is 6.71 Å². The lowest BCUT2D eigenvalue weighted by Crippen LogP contribution is -2.60. The number of benzene rings is 5. The van der Waals surface area contributed by atoms with Crippen LogP contribution in [0.15, 0.2) is 103 Å². The molecule has 4 fully saturated rings. The quantitative estimate of drug-likeness (QED) is 0.163. The largest absolute Gasteiger partial charge is 0.311 e. The van der Waals surface area contributed by atoms with E-state index in [9.17, 15) is 0 Å². The summed E-state index contributed by atoms with van der Waals surface area (Å²) < 4.78 is 2.84. The molecule has 6 aliphatic rings. The van der Waals surface area contributed by atoms with E-state index in [1.165, 1.54) is 115 Å². The van der Waals surface area contributed by atoms with Crippen molar-refractivity contribution in [1.29, 1.82) is 0 Å². The first-order chi connectivity index (χ1) is 29.0. The van der Waals surface area contributed by atoms with Gasteiger partial charge in [-0.3, -0.25) is 0 Å². The van der Waals surface area contributed by atoms with Crippen LogP contribution >= 0.6 is 11.3 Å². The number of anilines is 6. The fourth-order valence-electron chi connectivity index (χ4n) is 15.5. The summed E-state index contributed by atoms with van der Waals surface area (Å²) in [4.78, 5) is 5.29. The molecule has 5 aromatic carbocycles. The molecule has 4 bridgehead atoms. The Labute approximate surface area is 369 Å². The summed E-state index contributed by atoms with van der Waals surface area (Å²) in [6.45, 7) is 24.9. The van der Waals surface area contributed by atoms with Crippen molar-refractivity contribution in [2.45, 2.75) is 125 Å². The molecule has 0 radical (unpaired) electrons. The van der Waals surface area contributed by atoms with Gasteiger partial charge < -0.3 is 9.80 Å². The van der Waals surface area contributed by atoms with Gasteiger partial charge >= 0.3 is 0 Å². The van der Waals surface area contributed by atoms with Crippen LogP contribution in [0.1, 0.15) is 135 Å². The van der Waals surface area contributed by atoms with E-state index in [2.05, 4.69) is 182 Å². The summed E-state index contributed by atoms with van der Waals surface area (Å²) in [5.74, 6) is 2.77. The van der Waals surface area contributed by atoms with Crippen molar-refractivity contribution in [2.75, 3.05) is 9.80 Å². The number of aryl methyl sites for hydroxylation is 1. The van der Waals surface area contributed by atoms with Crippen molar-refractivity contribution in [3.63, 3.8) is 0 Å². The molecule has 6 unspecified atom stereocenters. The second-order valence-corrected chi connectivity index (χ2v) is 24.6. The molecule has 2 aliphatic heterocycles. The summed E-state index contributed by atoms with van der Waals surface area (Å²) in [5.41, 5.74) is 17.9. The van der Waals surface area contributed by atoms with E-state index >= 15 is 0 Å². The highest BCUT2D eigenvalue weighted by Gasteiger charge is 2.61. The summed E-state index contributed by atoms with van der Waals surface area (Å²) in [6.07, 6.45) is 8.20. The molecule has 2 nitrogen and oxygen atoms in total. The van der Waals surface area contributed by atoms with E-state index in [4.69, 9.17) is 0 Å². The first-order valence-corrected chi connectivity index (χ1v) is 24.4. The van der Waals surface area contributed by atoms with E-state index in [1.54, 1.807) is 5.56 Å². The highest BCUT2D eigenvalue weighted by molar-refractivity contribution is 7.33. The number of thiophene rings is 1. The topological polar surface area (TPSA) is 6.48 Å². The standard InChI is InChI=1S/C57H63BN2S/c1-34-29-45-48-46(30-34)60(41-22-18-37(19-23-41)53(2,3)4)49-42-13-11-12-14-47(42)61-52(49)58(48)43-31-36(51-55(7,8)39-26-28-57(51,10)33-39)17-24-44(43)59(45)40-20-15-35(16-21-40)50-54(5,6)38-25-27-56(50,9)32-38/h11-24,29-31,38-39,50-51H,25-28,32-33H2,1-10H3. The number of hydrogen-bond donors (Lipinski definition) is 0. The van der Waals surface area contributed by atoms with E-state index in [1.807, 2.05) is 11.3 Å². The lowest BCUT2D eigenvalue weighted by molar-refractivity contribution is 0.137. The molecule has 3 heterocycles. The zero-order valence-electron chi connectivity index (χ0n) is 38.2. The molecule has 4 aliphatic carbocycles. The second-order valence-electron chi connectivity index (χ2n) is 23.5. The molecule has 4 heteroatoms. The summed E-state index contributed by atoms with van der Waals surface area (Å²) in [7, 11) is 0. The molecule has 0 saturated heterocycles. The Bertz CT molecular complexity index is 2780. The van der Waals surface area contributed by atoms with Crippen LogP contribution in [0.25, 0.3) is 10.1 Å². The first-order valence-electron chi connectivity index (χ1n) is 23.6. The van der Waals surface area contributed by atoms with E-state index in [-0.39, 0.29) is 17.5 Å². The third kappa shape index (κ3) is 5.21. The van der Waals surface area contributed by atoms with E-state index in [0.29, 0.717) is 28.1 Å². The van der Waals surface area contributed by atoms with Crippen LogP contribution in [0, 0.1) is 40.4 Å². The molecule has 6 aromatic rings. The number of fused-ring (bicyclic) bond motifs is 10. The van der Waals surface area contributed by atoms with Gasteiger partial charge in [-0.2, -0.15) is 0 Å². The molecule has 6 atom stereocenters. The van der Waals surface area contributed by atoms with Gasteiger partial charge in [-0.1, -0.05) is 117 Å². The average Bonchev–Trinajstić information content (AvgIpc) is 4.00. The van der Waals surface area contributed by atoms with Gasteiger partial charge in [-0.25, -0.2) is 0 Å². The molecule has 310 valence electrons. The monoisotopic (exact) mass is 818 g/mol. The smallest absolute Gasteiger partial charge is 0.264 e. The van der Waals surface area contributed by atoms with Gasteiger partial charge in [0.05, 0.1) is 5.69 Å². The van der Waals surface area contributed by atoms with Crippen molar-refractivity contribution >= 4 is 78.0 Å². The van der Waals surface area contributed by atoms with Crippen molar-refractivity contribution in [1.82, 2.24) is 0 Å². The Kier molecular flexibility index (Phi) is 7.85.